The van der Waals surface area contributed by atoms with E-state index in [1.165, 1.54) is 39.5 Å². The Morgan fingerprint density at radius 3 is 2.14 bits per heavy atom. The highest BCUT2D eigenvalue weighted by molar-refractivity contribution is 6.16. The van der Waals surface area contributed by atoms with E-state index in [0.717, 1.165) is 51.8 Å². The normalized spacial score (nSPS) is 22.4. The summed E-state index contributed by atoms with van der Waals surface area (Å²) in [5.74, 6) is -0.265. The molecule has 1 unspecified atom stereocenters. The van der Waals surface area contributed by atoms with Gasteiger partial charge in [0.15, 0.2) is 5.70 Å². The summed E-state index contributed by atoms with van der Waals surface area (Å²) < 4.78 is 22.5. The quantitative estimate of drug-likeness (QED) is 0.190. The standard InChI is InChI=1S/C42H40N4O3/c1-8-49-39(47)36-28-19-27-22-40(3,4)32-20-29-34(25-15-11-9-12-16-25)24(2)37-38(48-7)31-23-41(5,6)33-21-30(35(36)26-17-13-10-14-18-26)44(28)42(43(27)32,45(31)33)46(29)37/h9-21H,8,22-23H2,1-7H3/q+2. The Kier molecular flexibility index (Phi) is 5.34. The van der Waals surface area contributed by atoms with E-state index in [1.54, 1.807) is 0 Å². The van der Waals surface area contributed by atoms with Gasteiger partial charge in [-0.25, -0.2) is 4.79 Å². The van der Waals surface area contributed by atoms with Gasteiger partial charge in [-0.2, -0.15) is 9.13 Å². The van der Waals surface area contributed by atoms with Crippen molar-refractivity contribution in [2.45, 2.75) is 60.3 Å². The highest BCUT2D eigenvalue weighted by atomic mass is 16.5. The minimum atomic E-state index is -0.890. The highest BCUT2D eigenvalue weighted by Gasteiger charge is 2.76. The molecular weight excluding hydrogens is 608 g/mol. The van der Waals surface area contributed by atoms with E-state index in [1.807, 2.05) is 20.1 Å². The zero-order chi connectivity index (χ0) is 33.8. The van der Waals surface area contributed by atoms with Crippen LogP contribution in [0.5, 0.6) is 0 Å². The molecule has 4 aromatic rings. The van der Waals surface area contributed by atoms with Crippen LogP contribution >= 0.6 is 0 Å². The smallest absolute Gasteiger partial charge is 0.489 e. The fourth-order valence-corrected chi connectivity index (χ4v) is 9.91. The molecule has 2 aromatic heterocycles. The van der Waals surface area contributed by atoms with Crippen molar-refractivity contribution in [1.82, 2.24) is 9.13 Å². The number of rotatable bonds is 5. The maximum Gasteiger partial charge on any atom is 0.553 e. The average molecular weight is 649 g/mol. The summed E-state index contributed by atoms with van der Waals surface area (Å²) in [4.78, 5) is 14.3. The van der Waals surface area contributed by atoms with E-state index in [0.29, 0.717) is 12.2 Å². The monoisotopic (exact) mass is 648 g/mol. The minimum Gasteiger partial charge on any atom is -0.489 e. The second kappa shape index (κ2) is 9.08. The molecule has 0 radical (unpaired) electrons. The number of ether oxygens (including phenoxy) is 2. The highest BCUT2D eigenvalue weighted by Crippen LogP contribution is 2.57. The van der Waals surface area contributed by atoms with E-state index in [2.05, 4.69) is 126 Å². The Balaban J connectivity index is 1.50. The van der Waals surface area contributed by atoms with Gasteiger partial charge in [-0.05, 0) is 58.2 Å². The van der Waals surface area contributed by atoms with Gasteiger partial charge in [0.2, 0.25) is 22.9 Å². The van der Waals surface area contributed by atoms with E-state index >= 15 is 0 Å². The average Bonchev–Trinajstić information content (AvgIpc) is 3.75. The summed E-state index contributed by atoms with van der Waals surface area (Å²) in [6, 6.07) is 21.1. The number of hydrogen-bond acceptors (Lipinski definition) is 3. The van der Waals surface area contributed by atoms with Crippen LogP contribution < -0.4 is 10.7 Å². The van der Waals surface area contributed by atoms with Gasteiger partial charge < -0.3 is 9.47 Å². The first kappa shape index (κ1) is 28.8. The maximum absolute atomic E-state index is 14.3. The number of methoxy groups -OCH3 is 1. The first-order chi connectivity index (χ1) is 23.6. The Labute approximate surface area is 285 Å². The Hall–Kier alpha value is -5.17. The van der Waals surface area contributed by atoms with Crippen LogP contribution in [-0.2, 0) is 15.4 Å². The lowest BCUT2D eigenvalue weighted by Gasteiger charge is -2.39. The minimum absolute atomic E-state index is 0.156. The predicted molar refractivity (Wildman–Crippen MR) is 191 cm³/mol. The van der Waals surface area contributed by atoms with E-state index in [4.69, 9.17) is 9.47 Å². The van der Waals surface area contributed by atoms with Crippen LogP contribution in [0.25, 0.3) is 46.2 Å². The van der Waals surface area contributed by atoms with E-state index in [9.17, 15) is 4.79 Å². The number of carbonyl (C=O) groups is 1. The van der Waals surface area contributed by atoms with Gasteiger partial charge in [-0.1, -0.05) is 69.8 Å². The Morgan fingerprint density at radius 2 is 1.49 bits per heavy atom. The SMILES string of the molecule is CCOC(=O)c1c(-c2ccccc2)c2n3c1C=C1CC(C)(C)C4=[N+]1C31n3c(c(-c5ccccc5)c(C)c3=C(OC)C3=[N+]1C(=C2)C(C)(C)C3)=C4. The number of carbonyl (C=O) groups excluding carboxylic acids is 1. The maximum atomic E-state index is 14.3. The molecule has 0 aliphatic carbocycles. The van der Waals surface area contributed by atoms with Crippen LogP contribution in [0.1, 0.15) is 74.8 Å². The van der Waals surface area contributed by atoms with Gasteiger partial charge in [0.1, 0.15) is 5.35 Å². The van der Waals surface area contributed by atoms with Crippen LogP contribution in [0.2, 0.25) is 0 Å². The van der Waals surface area contributed by atoms with Crippen molar-refractivity contribution in [3.05, 3.63) is 105 Å². The summed E-state index contributed by atoms with van der Waals surface area (Å²) in [5, 5.41) is 2.25. The summed E-state index contributed by atoms with van der Waals surface area (Å²) in [6.45, 7) is 13.8. The van der Waals surface area contributed by atoms with Gasteiger partial charge in [0, 0.05) is 35.8 Å². The van der Waals surface area contributed by atoms with Crippen molar-refractivity contribution in [2.75, 3.05) is 13.7 Å². The summed E-state index contributed by atoms with van der Waals surface area (Å²) in [6.07, 6.45) is 8.71. The molecule has 10 rings (SSSR count). The topological polar surface area (TPSA) is 51.4 Å². The van der Waals surface area contributed by atoms with Gasteiger partial charge in [0.05, 0.1) is 53.3 Å². The molecule has 0 saturated carbocycles. The Bertz CT molecular complexity index is 2500. The molecular formula is C42H40N4O3+2. The zero-order valence-corrected chi connectivity index (χ0v) is 29.1. The van der Waals surface area contributed by atoms with Crippen LogP contribution in [0, 0.1) is 17.8 Å². The fraction of sp³-hybridized carbons (Fsp3) is 0.310. The number of nitrogens with zero attached hydrogens (tertiary/aromatic N) is 4. The third kappa shape index (κ3) is 3.18. The number of benzene rings is 2. The van der Waals surface area contributed by atoms with Crippen molar-refractivity contribution in [1.29, 1.82) is 0 Å². The van der Waals surface area contributed by atoms with Crippen LogP contribution in [0.15, 0.2) is 72.1 Å². The molecule has 0 saturated heterocycles. The van der Waals surface area contributed by atoms with Crippen molar-refractivity contribution in [3.63, 3.8) is 0 Å². The van der Waals surface area contributed by atoms with E-state index < -0.39 is 5.91 Å². The lowest BCUT2D eigenvalue weighted by atomic mass is 9.84. The van der Waals surface area contributed by atoms with Gasteiger partial charge in [-0.15, -0.1) is 0 Å². The molecule has 0 N–H and O–H groups in total. The van der Waals surface area contributed by atoms with Gasteiger partial charge >= 0.3 is 11.9 Å². The zero-order valence-electron chi connectivity index (χ0n) is 29.1. The second-order valence-corrected chi connectivity index (χ2v) is 15.4. The lowest BCUT2D eigenvalue weighted by molar-refractivity contribution is -0.838. The van der Waals surface area contributed by atoms with Gasteiger partial charge in [-0.3, -0.25) is 0 Å². The molecule has 7 heteroatoms. The van der Waals surface area contributed by atoms with Crippen molar-refractivity contribution < 1.29 is 23.4 Å². The van der Waals surface area contributed by atoms with E-state index in [-0.39, 0.29) is 16.8 Å². The summed E-state index contributed by atoms with van der Waals surface area (Å²) in [7, 11) is 1.81. The molecule has 0 amide bonds. The molecule has 244 valence electrons. The predicted octanol–water partition coefficient (Wildman–Crippen LogP) is 6.26. The lowest BCUT2D eigenvalue weighted by Crippen LogP contribution is -2.70. The number of hydrogen-bond donors (Lipinski definition) is 0. The summed E-state index contributed by atoms with van der Waals surface area (Å²) in [5.41, 5.74) is 12.6. The van der Waals surface area contributed by atoms with Crippen molar-refractivity contribution in [3.8, 4) is 22.3 Å². The molecule has 7 nitrogen and oxygen atoms in total. The molecule has 49 heavy (non-hydrogen) atoms. The van der Waals surface area contributed by atoms with Crippen LogP contribution in [0.3, 0.4) is 0 Å². The number of esters is 1. The van der Waals surface area contributed by atoms with Gasteiger partial charge in [0.25, 0.3) is 0 Å². The fourth-order valence-electron chi connectivity index (χ4n) is 9.91. The molecule has 1 spiro atoms. The molecule has 1 atom stereocenters. The number of allylic oxidation sites excluding steroid dienone is 2. The van der Waals surface area contributed by atoms with Crippen LogP contribution in [-0.4, -0.2) is 49.4 Å². The molecule has 6 aliphatic rings. The summed E-state index contributed by atoms with van der Waals surface area (Å²) >= 11 is 0. The largest absolute Gasteiger partial charge is 0.553 e. The first-order valence-corrected chi connectivity index (χ1v) is 17.4. The second-order valence-electron chi connectivity index (χ2n) is 15.4. The third-order valence-electron chi connectivity index (χ3n) is 11.7. The molecule has 0 fully saturated rings. The molecule has 8 heterocycles. The van der Waals surface area contributed by atoms with Crippen molar-refractivity contribution >= 4 is 41.4 Å². The molecule has 2 aromatic carbocycles. The van der Waals surface area contributed by atoms with Crippen molar-refractivity contribution in [2.24, 2.45) is 10.8 Å². The Morgan fingerprint density at radius 1 is 0.816 bits per heavy atom. The first-order valence-electron chi connectivity index (χ1n) is 17.4. The molecule has 6 aliphatic heterocycles. The third-order valence-corrected chi connectivity index (χ3v) is 11.7. The van der Waals surface area contributed by atoms with Crippen LogP contribution in [0.4, 0.5) is 0 Å². The molecule has 0 bridgehead atoms. The number of aromatic nitrogens is 2.